The van der Waals surface area contributed by atoms with Gasteiger partial charge in [0.1, 0.15) is 16.6 Å². The van der Waals surface area contributed by atoms with Crippen LogP contribution in [0.4, 0.5) is 0 Å². The molecule has 1 aromatic carbocycles. The summed E-state index contributed by atoms with van der Waals surface area (Å²) in [4.78, 5) is 0. The van der Waals surface area contributed by atoms with Gasteiger partial charge in [-0.1, -0.05) is 30.0 Å². The zero-order valence-electron chi connectivity index (χ0n) is 11.8. The highest BCUT2D eigenvalue weighted by atomic mass is 79.9. The number of rotatable bonds is 5. The molecule has 2 rings (SSSR count). The molecule has 0 saturated heterocycles. The van der Waals surface area contributed by atoms with E-state index in [1.165, 1.54) is 0 Å². The molecule has 1 heterocycles. The Balaban J connectivity index is 1.81. The number of benzene rings is 1. The molecule has 7 heteroatoms. The SMILES string of the molecule is Cc1ccccc1OCC#CCNS(=O)(=O)c1ccc(Br)s1. The van der Waals surface area contributed by atoms with Crippen molar-refractivity contribution in [1.82, 2.24) is 4.72 Å². The molecule has 0 atom stereocenters. The molecule has 4 nitrogen and oxygen atoms in total. The Morgan fingerprint density at radius 3 is 2.68 bits per heavy atom. The van der Waals surface area contributed by atoms with Gasteiger partial charge in [0, 0.05) is 0 Å². The Morgan fingerprint density at radius 1 is 1.23 bits per heavy atom. The molecule has 0 fully saturated rings. The number of sulfonamides is 1. The fraction of sp³-hybridized carbons (Fsp3) is 0.200. The minimum Gasteiger partial charge on any atom is -0.481 e. The van der Waals surface area contributed by atoms with Gasteiger partial charge < -0.3 is 4.74 Å². The molecular weight excluding hydrogens is 386 g/mol. The summed E-state index contributed by atoms with van der Waals surface area (Å²) in [6.45, 7) is 2.22. The minimum absolute atomic E-state index is 0.0506. The largest absolute Gasteiger partial charge is 0.481 e. The van der Waals surface area contributed by atoms with Crippen molar-refractivity contribution in [1.29, 1.82) is 0 Å². The summed E-state index contributed by atoms with van der Waals surface area (Å²) in [7, 11) is -3.49. The highest BCUT2D eigenvalue weighted by Crippen LogP contribution is 2.25. The van der Waals surface area contributed by atoms with E-state index >= 15 is 0 Å². The number of hydrogen-bond acceptors (Lipinski definition) is 4. The molecule has 116 valence electrons. The fourth-order valence-corrected chi connectivity index (χ4v) is 4.57. The third-order valence-corrected chi connectivity index (χ3v) is 6.20. The van der Waals surface area contributed by atoms with Gasteiger partial charge >= 0.3 is 0 Å². The van der Waals surface area contributed by atoms with Gasteiger partial charge in [-0.25, -0.2) is 8.42 Å². The molecule has 0 spiro atoms. The molecule has 0 aliphatic rings. The molecule has 1 aromatic heterocycles. The van der Waals surface area contributed by atoms with Gasteiger partial charge in [0.05, 0.1) is 10.3 Å². The molecule has 0 aliphatic heterocycles. The van der Waals surface area contributed by atoms with Crippen molar-refractivity contribution in [3.8, 4) is 17.6 Å². The van der Waals surface area contributed by atoms with E-state index in [1.807, 2.05) is 31.2 Å². The van der Waals surface area contributed by atoms with Crippen LogP contribution in [0, 0.1) is 18.8 Å². The van der Waals surface area contributed by atoms with Crippen LogP contribution in [0.1, 0.15) is 5.56 Å². The van der Waals surface area contributed by atoms with E-state index in [9.17, 15) is 8.42 Å². The summed E-state index contributed by atoms with van der Waals surface area (Å²) in [5.74, 6) is 6.30. The lowest BCUT2D eigenvalue weighted by molar-refractivity contribution is 0.367. The lowest BCUT2D eigenvalue weighted by Crippen LogP contribution is -2.23. The van der Waals surface area contributed by atoms with E-state index in [0.717, 1.165) is 26.4 Å². The molecule has 0 radical (unpaired) electrons. The molecule has 0 bridgehead atoms. The fourth-order valence-electron chi connectivity index (χ4n) is 1.59. The zero-order chi connectivity index (χ0) is 16.0. The van der Waals surface area contributed by atoms with Crippen LogP contribution in [0.5, 0.6) is 5.75 Å². The van der Waals surface area contributed by atoms with Crippen LogP contribution in [0.3, 0.4) is 0 Å². The Labute approximate surface area is 142 Å². The first-order valence-corrected chi connectivity index (χ1v) is 9.47. The number of halogens is 1. The normalized spacial score (nSPS) is 10.8. The van der Waals surface area contributed by atoms with Gasteiger partial charge in [0.15, 0.2) is 0 Å². The van der Waals surface area contributed by atoms with E-state index in [4.69, 9.17) is 4.74 Å². The lowest BCUT2D eigenvalue weighted by atomic mass is 10.2. The Kier molecular flexibility index (Phi) is 6.03. The van der Waals surface area contributed by atoms with Gasteiger partial charge in [-0.05, 0) is 46.6 Å². The number of aryl methyl sites for hydroxylation is 1. The summed E-state index contributed by atoms with van der Waals surface area (Å²) in [5.41, 5.74) is 1.04. The average molecular weight is 400 g/mol. The third-order valence-electron chi connectivity index (χ3n) is 2.68. The molecule has 1 N–H and O–H groups in total. The highest BCUT2D eigenvalue weighted by Gasteiger charge is 2.14. The van der Waals surface area contributed by atoms with Gasteiger partial charge in [-0.15, -0.1) is 11.3 Å². The van der Waals surface area contributed by atoms with E-state index < -0.39 is 10.0 Å². The molecule has 0 amide bonds. The monoisotopic (exact) mass is 399 g/mol. The predicted octanol–water partition coefficient (Wildman–Crippen LogP) is 3.18. The second-order valence-electron chi connectivity index (χ2n) is 4.29. The second-order valence-corrected chi connectivity index (χ2v) is 8.75. The van der Waals surface area contributed by atoms with Crippen LogP contribution in [-0.2, 0) is 10.0 Å². The Bertz CT molecular complexity index is 803. The standard InChI is InChI=1S/C15H14BrNO3S2/c1-12-6-2-3-7-13(12)20-11-5-4-10-17-22(18,19)15-9-8-14(16)21-15/h2-3,6-9,17H,10-11H2,1H3. The van der Waals surface area contributed by atoms with E-state index in [-0.39, 0.29) is 17.4 Å². The van der Waals surface area contributed by atoms with Crippen LogP contribution < -0.4 is 9.46 Å². The van der Waals surface area contributed by atoms with Gasteiger partial charge in [-0.3, -0.25) is 0 Å². The number of thiophene rings is 1. The van der Waals surface area contributed by atoms with Crippen LogP contribution in [0.15, 0.2) is 44.4 Å². The van der Waals surface area contributed by atoms with Crippen molar-refractivity contribution in [2.24, 2.45) is 0 Å². The zero-order valence-corrected chi connectivity index (χ0v) is 15.0. The summed E-state index contributed by atoms with van der Waals surface area (Å²) in [6, 6.07) is 10.9. The minimum atomic E-state index is -3.49. The number of ether oxygens (including phenoxy) is 1. The third kappa shape index (κ3) is 4.85. The highest BCUT2D eigenvalue weighted by molar-refractivity contribution is 9.11. The maximum Gasteiger partial charge on any atom is 0.250 e. The number of para-hydroxylation sites is 1. The summed E-state index contributed by atoms with van der Waals surface area (Å²) < 4.78 is 32.8. The van der Waals surface area contributed by atoms with E-state index in [2.05, 4.69) is 32.5 Å². The smallest absolute Gasteiger partial charge is 0.250 e. The Hall–Kier alpha value is -1.33. The van der Waals surface area contributed by atoms with Crippen molar-refractivity contribution < 1.29 is 13.2 Å². The average Bonchev–Trinajstić information content (AvgIpc) is 2.92. The molecular formula is C15H14BrNO3S2. The maximum atomic E-state index is 11.9. The summed E-state index contributed by atoms with van der Waals surface area (Å²) >= 11 is 4.39. The second kappa shape index (κ2) is 7.79. The predicted molar refractivity (Wildman–Crippen MR) is 91.7 cm³/mol. The first-order valence-electron chi connectivity index (χ1n) is 6.38. The van der Waals surface area contributed by atoms with E-state index in [0.29, 0.717) is 0 Å². The van der Waals surface area contributed by atoms with Gasteiger partial charge in [0.25, 0.3) is 10.0 Å². The number of nitrogens with one attached hydrogen (secondary N) is 1. The van der Waals surface area contributed by atoms with Crippen molar-refractivity contribution >= 4 is 37.3 Å². The Morgan fingerprint density at radius 2 is 2.00 bits per heavy atom. The molecule has 0 unspecified atom stereocenters. The first-order chi connectivity index (χ1) is 10.5. The lowest BCUT2D eigenvalue weighted by Gasteiger charge is -2.04. The van der Waals surface area contributed by atoms with Crippen molar-refractivity contribution in [2.75, 3.05) is 13.2 Å². The van der Waals surface area contributed by atoms with Gasteiger partial charge in [-0.2, -0.15) is 4.72 Å². The summed E-state index contributed by atoms with van der Waals surface area (Å²) in [6.07, 6.45) is 0. The van der Waals surface area contributed by atoms with E-state index in [1.54, 1.807) is 12.1 Å². The van der Waals surface area contributed by atoms with Crippen molar-refractivity contribution in [2.45, 2.75) is 11.1 Å². The molecule has 0 saturated carbocycles. The molecule has 2 aromatic rings. The summed E-state index contributed by atoms with van der Waals surface area (Å²) in [5, 5.41) is 0. The van der Waals surface area contributed by atoms with Gasteiger partial charge in [0.2, 0.25) is 0 Å². The first kappa shape index (κ1) is 17.0. The quantitative estimate of drug-likeness (QED) is 0.785. The molecule has 22 heavy (non-hydrogen) atoms. The van der Waals surface area contributed by atoms with Crippen LogP contribution in [0.2, 0.25) is 0 Å². The number of hydrogen-bond donors (Lipinski definition) is 1. The maximum absolute atomic E-state index is 11.9. The van der Waals surface area contributed by atoms with Crippen LogP contribution in [0.25, 0.3) is 0 Å². The van der Waals surface area contributed by atoms with Crippen molar-refractivity contribution in [3.05, 3.63) is 45.7 Å². The topological polar surface area (TPSA) is 55.4 Å². The molecule has 0 aliphatic carbocycles. The van der Waals surface area contributed by atoms with Crippen LogP contribution >= 0.6 is 27.3 Å². The van der Waals surface area contributed by atoms with Crippen LogP contribution in [-0.4, -0.2) is 21.6 Å². The van der Waals surface area contributed by atoms with Crippen molar-refractivity contribution in [3.63, 3.8) is 0 Å².